The average Bonchev–Trinajstić information content (AvgIpc) is 3.01. The largest absolute Gasteiger partial charge is 0.337 e. The van der Waals surface area contributed by atoms with Crippen LogP contribution in [0.25, 0.3) is 11.4 Å². The van der Waals surface area contributed by atoms with Gasteiger partial charge in [0.2, 0.25) is 11.1 Å². The fourth-order valence-electron chi connectivity index (χ4n) is 2.54. The third-order valence-corrected chi connectivity index (χ3v) is 6.15. The van der Waals surface area contributed by atoms with Crippen LogP contribution >= 0.6 is 11.8 Å². The summed E-state index contributed by atoms with van der Waals surface area (Å²) in [4.78, 5) is 12.6. The molecule has 0 radical (unpaired) electrons. The van der Waals surface area contributed by atoms with E-state index < -0.39 is 10.8 Å². The number of nitrogen functional groups attached to an aromatic ring is 1. The average molecular weight is 415 g/mol. The van der Waals surface area contributed by atoms with E-state index in [1.54, 1.807) is 13.8 Å². The Hall–Kier alpha value is -2.53. The van der Waals surface area contributed by atoms with Crippen molar-refractivity contribution in [2.45, 2.75) is 69.8 Å². The van der Waals surface area contributed by atoms with E-state index >= 15 is 0 Å². The van der Waals surface area contributed by atoms with Crippen LogP contribution in [0.3, 0.4) is 0 Å². The van der Waals surface area contributed by atoms with Crippen molar-refractivity contribution in [2.75, 3.05) is 5.84 Å². The molecular formula is C21H30N6OS. The third kappa shape index (κ3) is 5.10. The lowest BCUT2D eigenvalue weighted by atomic mass is 9.87. The molecule has 8 heteroatoms. The van der Waals surface area contributed by atoms with E-state index in [0.29, 0.717) is 11.0 Å². The van der Waals surface area contributed by atoms with Crippen LogP contribution in [0, 0.1) is 17.2 Å². The topological polar surface area (TPSA) is 110 Å². The van der Waals surface area contributed by atoms with E-state index in [2.05, 4.69) is 54.5 Å². The van der Waals surface area contributed by atoms with E-state index in [4.69, 9.17) is 5.84 Å². The molecule has 1 heterocycles. The fourth-order valence-corrected chi connectivity index (χ4v) is 3.31. The van der Waals surface area contributed by atoms with Gasteiger partial charge in [0.05, 0.1) is 11.3 Å². The van der Waals surface area contributed by atoms with Gasteiger partial charge in [-0.1, -0.05) is 70.6 Å². The van der Waals surface area contributed by atoms with Gasteiger partial charge >= 0.3 is 0 Å². The van der Waals surface area contributed by atoms with Gasteiger partial charge < -0.3 is 11.2 Å². The summed E-state index contributed by atoms with van der Waals surface area (Å²) in [6.07, 6.45) is 0. The summed E-state index contributed by atoms with van der Waals surface area (Å²) in [7, 11) is 0. The molecule has 0 aliphatic carbocycles. The Balaban J connectivity index is 2.15. The smallest absolute Gasteiger partial charge is 0.234 e. The maximum absolute atomic E-state index is 12.6. The van der Waals surface area contributed by atoms with Crippen molar-refractivity contribution in [3.8, 4) is 17.5 Å². The van der Waals surface area contributed by atoms with Crippen LogP contribution < -0.4 is 11.2 Å². The highest BCUT2D eigenvalue weighted by Gasteiger charge is 2.32. The normalized spacial score (nSPS) is 14.9. The molecule has 0 saturated carbocycles. The summed E-state index contributed by atoms with van der Waals surface area (Å²) in [6, 6.07) is 10.2. The summed E-state index contributed by atoms with van der Waals surface area (Å²) in [5, 5.41) is 20.5. The summed E-state index contributed by atoms with van der Waals surface area (Å²) < 4.78 is 1.40. The van der Waals surface area contributed by atoms with Gasteiger partial charge in [-0.3, -0.25) is 4.79 Å². The van der Waals surface area contributed by atoms with Crippen molar-refractivity contribution in [3.05, 3.63) is 29.8 Å². The molecule has 156 valence electrons. The van der Waals surface area contributed by atoms with E-state index in [-0.39, 0.29) is 17.2 Å². The molecule has 0 saturated heterocycles. The van der Waals surface area contributed by atoms with Crippen LogP contribution in [0.1, 0.15) is 54.0 Å². The van der Waals surface area contributed by atoms with Crippen LogP contribution in [0.4, 0.5) is 0 Å². The molecule has 3 N–H and O–H groups in total. The molecule has 0 bridgehead atoms. The van der Waals surface area contributed by atoms with Gasteiger partial charge in [0.1, 0.15) is 5.54 Å². The first kappa shape index (κ1) is 22.8. The molecule has 29 heavy (non-hydrogen) atoms. The number of benzene rings is 1. The van der Waals surface area contributed by atoms with Crippen LogP contribution in [0.5, 0.6) is 0 Å². The number of hydrogen-bond acceptors (Lipinski definition) is 6. The number of nitrogens with two attached hydrogens (primary N) is 1. The Kier molecular flexibility index (Phi) is 6.63. The van der Waals surface area contributed by atoms with Gasteiger partial charge in [0, 0.05) is 5.56 Å². The van der Waals surface area contributed by atoms with Crippen molar-refractivity contribution in [1.82, 2.24) is 20.2 Å². The molecule has 2 atom stereocenters. The second kappa shape index (κ2) is 8.46. The maximum atomic E-state index is 12.6. The predicted octanol–water partition coefficient (Wildman–Crippen LogP) is 3.49. The molecule has 1 aromatic heterocycles. The molecular weight excluding hydrogens is 384 g/mol. The molecule has 0 aliphatic rings. The minimum absolute atomic E-state index is 0.0190. The maximum Gasteiger partial charge on any atom is 0.234 e. The third-order valence-electron chi connectivity index (χ3n) is 5.09. The minimum atomic E-state index is -0.928. The van der Waals surface area contributed by atoms with Crippen molar-refractivity contribution in [3.63, 3.8) is 0 Å². The number of rotatable bonds is 6. The van der Waals surface area contributed by atoms with Crippen LogP contribution in [-0.4, -0.2) is 31.6 Å². The van der Waals surface area contributed by atoms with Crippen LogP contribution in [-0.2, 0) is 10.2 Å². The highest BCUT2D eigenvalue weighted by molar-refractivity contribution is 8.00. The van der Waals surface area contributed by atoms with Crippen molar-refractivity contribution in [1.29, 1.82) is 5.26 Å². The second-order valence-electron chi connectivity index (χ2n) is 8.72. The number of nitrogens with one attached hydrogen (secondary N) is 1. The first-order chi connectivity index (χ1) is 13.4. The van der Waals surface area contributed by atoms with Gasteiger partial charge in [-0.25, -0.2) is 4.68 Å². The van der Waals surface area contributed by atoms with Crippen LogP contribution in [0.2, 0.25) is 0 Å². The number of nitriles is 1. The second-order valence-corrected chi connectivity index (χ2v) is 10.0. The monoisotopic (exact) mass is 414 g/mol. The molecule has 2 aromatic rings. The zero-order valence-electron chi connectivity index (χ0n) is 18.1. The lowest BCUT2D eigenvalue weighted by Crippen LogP contribution is -2.51. The zero-order valence-corrected chi connectivity index (χ0v) is 19.0. The van der Waals surface area contributed by atoms with E-state index in [9.17, 15) is 10.1 Å². The van der Waals surface area contributed by atoms with E-state index in [1.807, 2.05) is 26.0 Å². The van der Waals surface area contributed by atoms with E-state index in [0.717, 1.165) is 5.56 Å². The van der Waals surface area contributed by atoms with Gasteiger partial charge in [-0.15, -0.1) is 10.2 Å². The molecule has 1 amide bonds. The fraction of sp³-hybridized carbons (Fsp3) is 0.524. The molecule has 7 nitrogen and oxygen atoms in total. The summed E-state index contributed by atoms with van der Waals surface area (Å²) in [5.74, 6) is 6.47. The molecule has 0 aliphatic heterocycles. The number of hydrogen-bond donors (Lipinski definition) is 2. The Morgan fingerprint density at radius 1 is 1.17 bits per heavy atom. The SMILES string of the molecule is CC(Sc1nnc(-c2ccc(C(C)(C)C)cc2)n1N)C(=O)NC(C)(C#N)C(C)C. The number of carbonyl (C=O) groups excluding carboxylic acids is 1. The number of nitrogens with zero attached hydrogens (tertiary/aromatic N) is 4. The number of aromatic nitrogens is 3. The lowest BCUT2D eigenvalue weighted by molar-refractivity contribution is -0.121. The highest BCUT2D eigenvalue weighted by Crippen LogP contribution is 2.28. The van der Waals surface area contributed by atoms with Gasteiger partial charge in [-0.05, 0) is 30.7 Å². The molecule has 0 spiro atoms. The number of carbonyl (C=O) groups is 1. The lowest BCUT2D eigenvalue weighted by Gasteiger charge is -2.28. The number of amides is 1. The van der Waals surface area contributed by atoms with Gasteiger partial charge in [0.15, 0.2) is 5.82 Å². The predicted molar refractivity (Wildman–Crippen MR) is 117 cm³/mol. The van der Waals surface area contributed by atoms with Crippen molar-refractivity contribution in [2.24, 2.45) is 5.92 Å². The Bertz CT molecular complexity index is 907. The van der Waals surface area contributed by atoms with E-state index in [1.165, 1.54) is 22.0 Å². The quantitative estimate of drug-likeness (QED) is 0.553. The van der Waals surface area contributed by atoms with Crippen LogP contribution in [0.15, 0.2) is 29.4 Å². The molecule has 2 unspecified atom stereocenters. The molecule has 1 aromatic carbocycles. The molecule has 2 rings (SSSR count). The Morgan fingerprint density at radius 2 is 1.76 bits per heavy atom. The minimum Gasteiger partial charge on any atom is -0.337 e. The van der Waals surface area contributed by atoms with Crippen molar-refractivity contribution >= 4 is 17.7 Å². The number of thioether (sulfide) groups is 1. The summed E-state index contributed by atoms with van der Waals surface area (Å²) in [5.41, 5.74) is 1.21. The zero-order chi connectivity index (χ0) is 22.0. The highest BCUT2D eigenvalue weighted by atomic mass is 32.2. The Labute approximate surface area is 177 Å². The van der Waals surface area contributed by atoms with Gasteiger partial charge in [-0.2, -0.15) is 5.26 Å². The van der Waals surface area contributed by atoms with Crippen molar-refractivity contribution < 1.29 is 4.79 Å². The standard InChI is InChI=1S/C21H30N6OS/c1-13(2)21(7,12-22)24-18(28)14(3)29-19-26-25-17(27(19)23)15-8-10-16(11-9-15)20(4,5)6/h8-11,13-14H,23H2,1-7H3,(H,24,28). The molecule has 0 fully saturated rings. The Morgan fingerprint density at radius 3 is 2.24 bits per heavy atom. The van der Waals surface area contributed by atoms with Gasteiger partial charge in [0.25, 0.3) is 0 Å². The summed E-state index contributed by atoms with van der Waals surface area (Å²) >= 11 is 1.21. The first-order valence-electron chi connectivity index (χ1n) is 9.60. The first-order valence-corrected chi connectivity index (χ1v) is 10.5. The summed E-state index contributed by atoms with van der Waals surface area (Å²) in [6.45, 7) is 13.7.